The number of likely N-dealkylation sites (tertiary alicyclic amines) is 1. The van der Waals surface area contributed by atoms with Gasteiger partial charge in [-0.25, -0.2) is 0 Å². The smallest absolute Gasteiger partial charge is 0.255 e. The molecular weight excluding hydrogens is 230 g/mol. The molecule has 1 aliphatic rings. The summed E-state index contributed by atoms with van der Waals surface area (Å²) < 4.78 is 4.98. The molecule has 4 heteroatoms. The van der Waals surface area contributed by atoms with Crippen molar-refractivity contribution in [3.8, 4) is 23.8 Å². The van der Waals surface area contributed by atoms with Gasteiger partial charge in [-0.15, -0.1) is 6.42 Å². The third-order valence-corrected chi connectivity index (χ3v) is 3.10. The van der Waals surface area contributed by atoms with Crippen LogP contribution in [0.5, 0.6) is 11.5 Å². The van der Waals surface area contributed by atoms with Gasteiger partial charge in [0.2, 0.25) is 0 Å². The largest absolute Gasteiger partial charge is 0.504 e. The molecule has 4 nitrogen and oxygen atoms in total. The number of phenolic OH excluding ortho intramolecular Hbond substituents is 1. The molecule has 1 N–H and O–H groups in total. The summed E-state index contributed by atoms with van der Waals surface area (Å²) in [5.74, 6) is 2.55. The van der Waals surface area contributed by atoms with E-state index in [9.17, 15) is 9.90 Å². The van der Waals surface area contributed by atoms with Crippen LogP contribution >= 0.6 is 0 Å². The topological polar surface area (TPSA) is 49.8 Å². The van der Waals surface area contributed by atoms with Gasteiger partial charge >= 0.3 is 0 Å². The monoisotopic (exact) mass is 245 g/mol. The molecule has 0 saturated carbocycles. The number of phenols is 1. The summed E-state index contributed by atoms with van der Waals surface area (Å²) in [7, 11) is 1.44. The zero-order valence-corrected chi connectivity index (χ0v) is 10.3. The number of amides is 1. The number of aromatic hydroxyl groups is 1. The van der Waals surface area contributed by atoms with Crippen LogP contribution in [-0.2, 0) is 0 Å². The summed E-state index contributed by atoms with van der Waals surface area (Å²) in [6, 6.07) is 2.90. The fourth-order valence-corrected chi connectivity index (χ4v) is 2.12. The highest BCUT2D eigenvalue weighted by Crippen LogP contribution is 2.30. The van der Waals surface area contributed by atoms with Gasteiger partial charge in [-0.2, -0.15) is 0 Å². The van der Waals surface area contributed by atoms with E-state index in [1.807, 2.05) is 0 Å². The van der Waals surface area contributed by atoms with Crippen LogP contribution in [0.15, 0.2) is 12.1 Å². The zero-order chi connectivity index (χ0) is 13.1. The first-order valence-corrected chi connectivity index (χ1v) is 5.84. The molecule has 0 atom stereocenters. The summed E-state index contributed by atoms with van der Waals surface area (Å²) in [6.07, 6.45) is 7.43. The van der Waals surface area contributed by atoms with Crippen LogP contribution in [0.4, 0.5) is 0 Å². The second-order valence-electron chi connectivity index (χ2n) is 4.21. The van der Waals surface area contributed by atoms with Crippen molar-refractivity contribution < 1.29 is 14.6 Å². The van der Waals surface area contributed by atoms with Gasteiger partial charge in [0.25, 0.3) is 5.91 Å². The standard InChI is InChI=1S/C14H15NO3/c1-3-10-8-13(18-2)12(16)9-11(10)14(17)15-6-4-5-7-15/h1,8-9,16H,4-7H2,2H3. The number of terminal acetylenes is 1. The van der Waals surface area contributed by atoms with Crippen molar-refractivity contribution in [2.75, 3.05) is 20.2 Å². The molecule has 1 aromatic carbocycles. The number of hydrogen-bond donors (Lipinski definition) is 1. The number of carbonyl (C=O) groups excluding carboxylic acids is 1. The van der Waals surface area contributed by atoms with Crippen molar-refractivity contribution in [1.82, 2.24) is 4.90 Å². The number of methoxy groups -OCH3 is 1. The quantitative estimate of drug-likeness (QED) is 0.805. The Labute approximate surface area is 106 Å². The van der Waals surface area contributed by atoms with E-state index in [1.54, 1.807) is 4.90 Å². The van der Waals surface area contributed by atoms with E-state index in [0.29, 0.717) is 11.1 Å². The molecule has 0 aromatic heterocycles. The third kappa shape index (κ3) is 2.12. The van der Waals surface area contributed by atoms with E-state index in [0.717, 1.165) is 25.9 Å². The maximum atomic E-state index is 12.3. The molecule has 1 fully saturated rings. The normalized spacial score (nSPS) is 14.3. The van der Waals surface area contributed by atoms with Crippen LogP contribution in [0.3, 0.4) is 0 Å². The van der Waals surface area contributed by atoms with Crippen molar-refractivity contribution in [2.24, 2.45) is 0 Å². The van der Waals surface area contributed by atoms with E-state index < -0.39 is 0 Å². The molecule has 1 aliphatic heterocycles. The predicted octanol–water partition coefficient (Wildman–Crippen LogP) is 1.62. The van der Waals surface area contributed by atoms with Crippen molar-refractivity contribution >= 4 is 5.91 Å². The molecular formula is C14H15NO3. The molecule has 1 aromatic rings. The first kappa shape index (κ1) is 12.3. The lowest BCUT2D eigenvalue weighted by atomic mass is 10.1. The Morgan fingerprint density at radius 2 is 2.11 bits per heavy atom. The van der Waals surface area contributed by atoms with Gasteiger partial charge in [0.15, 0.2) is 11.5 Å². The van der Waals surface area contributed by atoms with Crippen molar-refractivity contribution in [3.63, 3.8) is 0 Å². The number of hydrogen-bond acceptors (Lipinski definition) is 3. The Morgan fingerprint density at radius 1 is 1.44 bits per heavy atom. The van der Waals surface area contributed by atoms with Gasteiger partial charge < -0.3 is 14.7 Å². The second-order valence-corrected chi connectivity index (χ2v) is 4.21. The van der Waals surface area contributed by atoms with Crippen LogP contribution in [-0.4, -0.2) is 36.1 Å². The average molecular weight is 245 g/mol. The van der Waals surface area contributed by atoms with Crippen LogP contribution in [0.1, 0.15) is 28.8 Å². The molecule has 0 spiro atoms. The molecule has 1 heterocycles. The Kier molecular flexibility index (Phi) is 3.42. The van der Waals surface area contributed by atoms with Crippen molar-refractivity contribution in [2.45, 2.75) is 12.8 Å². The van der Waals surface area contributed by atoms with Gasteiger partial charge in [-0.1, -0.05) is 5.92 Å². The number of ether oxygens (including phenoxy) is 1. The minimum atomic E-state index is -0.126. The van der Waals surface area contributed by atoms with Crippen LogP contribution in [0.25, 0.3) is 0 Å². The number of rotatable bonds is 2. The SMILES string of the molecule is C#Cc1cc(OC)c(O)cc1C(=O)N1CCCC1. The predicted molar refractivity (Wildman–Crippen MR) is 67.7 cm³/mol. The number of nitrogens with zero attached hydrogens (tertiary/aromatic N) is 1. The molecule has 1 saturated heterocycles. The summed E-state index contributed by atoms with van der Waals surface area (Å²) in [4.78, 5) is 14.0. The van der Waals surface area contributed by atoms with Crippen LogP contribution in [0.2, 0.25) is 0 Å². The minimum absolute atomic E-state index is 0.0703. The van der Waals surface area contributed by atoms with Gasteiger partial charge in [-0.3, -0.25) is 4.79 Å². The van der Waals surface area contributed by atoms with Crippen molar-refractivity contribution in [1.29, 1.82) is 0 Å². The Morgan fingerprint density at radius 3 is 2.67 bits per heavy atom. The highest BCUT2D eigenvalue weighted by Gasteiger charge is 2.23. The van der Waals surface area contributed by atoms with E-state index in [1.165, 1.54) is 19.2 Å². The highest BCUT2D eigenvalue weighted by atomic mass is 16.5. The lowest BCUT2D eigenvalue weighted by molar-refractivity contribution is 0.0792. The third-order valence-electron chi connectivity index (χ3n) is 3.10. The summed E-state index contributed by atoms with van der Waals surface area (Å²) in [6.45, 7) is 1.49. The summed E-state index contributed by atoms with van der Waals surface area (Å²) >= 11 is 0. The number of benzene rings is 1. The average Bonchev–Trinajstić information content (AvgIpc) is 2.91. The molecule has 0 unspecified atom stereocenters. The fourth-order valence-electron chi connectivity index (χ4n) is 2.12. The Hall–Kier alpha value is -2.15. The van der Waals surface area contributed by atoms with E-state index in [2.05, 4.69) is 5.92 Å². The summed E-state index contributed by atoms with van der Waals surface area (Å²) in [5, 5.41) is 9.74. The molecule has 1 amide bonds. The maximum Gasteiger partial charge on any atom is 0.255 e. The maximum absolute atomic E-state index is 12.3. The minimum Gasteiger partial charge on any atom is -0.504 e. The second kappa shape index (κ2) is 5.01. The first-order valence-electron chi connectivity index (χ1n) is 5.84. The van der Waals surface area contributed by atoms with Crippen LogP contribution in [0, 0.1) is 12.3 Å². The van der Waals surface area contributed by atoms with Crippen LogP contribution < -0.4 is 4.74 Å². The van der Waals surface area contributed by atoms with Crippen molar-refractivity contribution in [3.05, 3.63) is 23.3 Å². The van der Waals surface area contributed by atoms with Gasteiger partial charge in [0.05, 0.1) is 12.7 Å². The van der Waals surface area contributed by atoms with E-state index in [-0.39, 0.29) is 17.4 Å². The lowest BCUT2D eigenvalue weighted by Gasteiger charge is -2.17. The Bertz CT molecular complexity index is 511. The fraction of sp³-hybridized carbons (Fsp3) is 0.357. The molecule has 0 bridgehead atoms. The molecule has 18 heavy (non-hydrogen) atoms. The zero-order valence-electron chi connectivity index (χ0n) is 10.3. The number of carbonyl (C=O) groups is 1. The molecule has 2 rings (SSSR count). The lowest BCUT2D eigenvalue weighted by Crippen LogP contribution is -2.28. The molecule has 0 aliphatic carbocycles. The molecule has 0 radical (unpaired) electrons. The highest BCUT2D eigenvalue weighted by molar-refractivity contribution is 5.97. The Balaban J connectivity index is 2.40. The van der Waals surface area contributed by atoms with E-state index >= 15 is 0 Å². The van der Waals surface area contributed by atoms with Gasteiger partial charge in [-0.05, 0) is 18.9 Å². The van der Waals surface area contributed by atoms with E-state index in [4.69, 9.17) is 11.2 Å². The van der Waals surface area contributed by atoms with Gasteiger partial charge in [0, 0.05) is 24.7 Å². The first-order chi connectivity index (χ1) is 8.67. The molecule has 94 valence electrons. The summed E-state index contributed by atoms with van der Waals surface area (Å²) in [5.41, 5.74) is 0.805. The van der Waals surface area contributed by atoms with Gasteiger partial charge in [0.1, 0.15) is 0 Å².